The standard InChI is InChI=1S/C27H30N6O3/c1-18(16-32-9-4-12-35-17-32)15-29-27-19(2)23-24(36-27)26(33-10-13-34-14-11-33)31-25(30-23)21-5-3-6-22-20(21)7-8-28-22/h3,5-8,15,28H,2,4,9-14,16-17H2,1H3/b18-15+,29-27+. The van der Waals surface area contributed by atoms with Crippen molar-refractivity contribution in [2.45, 2.75) is 13.3 Å². The zero-order chi connectivity index (χ0) is 24.5. The van der Waals surface area contributed by atoms with E-state index in [0.29, 0.717) is 48.7 Å². The molecular formula is C27H30N6O3. The van der Waals surface area contributed by atoms with Gasteiger partial charge < -0.3 is 24.1 Å². The maximum Gasteiger partial charge on any atom is 0.228 e. The molecule has 6 rings (SSSR count). The third-order valence-electron chi connectivity index (χ3n) is 6.65. The van der Waals surface area contributed by atoms with Crippen LogP contribution in [0.2, 0.25) is 0 Å². The van der Waals surface area contributed by atoms with Gasteiger partial charge in [-0.1, -0.05) is 18.7 Å². The van der Waals surface area contributed by atoms with Crippen molar-refractivity contribution in [3.63, 3.8) is 0 Å². The van der Waals surface area contributed by atoms with E-state index < -0.39 is 0 Å². The summed E-state index contributed by atoms with van der Waals surface area (Å²) in [6.45, 7) is 12.4. The highest BCUT2D eigenvalue weighted by Gasteiger charge is 2.33. The van der Waals surface area contributed by atoms with E-state index in [2.05, 4.69) is 39.3 Å². The molecule has 0 atom stereocenters. The highest BCUT2D eigenvalue weighted by atomic mass is 16.5. The van der Waals surface area contributed by atoms with Crippen molar-refractivity contribution in [3.8, 4) is 17.1 Å². The van der Waals surface area contributed by atoms with Gasteiger partial charge in [0.25, 0.3) is 0 Å². The maximum absolute atomic E-state index is 6.26. The van der Waals surface area contributed by atoms with Crippen molar-refractivity contribution in [3.05, 3.63) is 54.5 Å². The SMILES string of the molecule is C=C1/C(=N\C=C(/C)CN2CCCOC2)Oc2c1nc(-c1cccc3[nH]ccc13)nc2N1CCOCC1. The molecule has 1 aromatic carbocycles. The molecule has 0 saturated carbocycles. The van der Waals surface area contributed by atoms with Crippen LogP contribution >= 0.6 is 0 Å². The Morgan fingerprint density at radius 2 is 2.03 bits per heavy atom. The molecule has 3 aromatic rings. The molecular weight excluding hydrogens is 456 g/mol. The molecule has 0 radical (unpaired) electrons. The Hall–Kier alpha value is -3.53. The van der Waals surface area contributed by atoms with Crippen molar-refractivity contribution in [1.82, 2.24) is 19.9 Å². The minimum Gasteiger partial charge on any atom is -0.432 e. The first-order valence-corrected chi connectivity index (χ1v) is 12.4. The first kappa shape index (κ1) is 22.9. The Bertz CT molecular complexity index is 1350. The zero-order valence-electron chi connectivity index (χ0n) is 20.5. The predicted molar refractivity (Wildman–Crippen MR) is 140 cm³/mol. The topological polar surface area (TPSA) is 88.1 Å². The van der Waals surface area contributed by atoms with E-state index in [1.54, 1.807) is 0 Å². The average molecular weight is 487 g/mol. The van der Waals surface area contributed by atoms with Gasteiger partial charge in [-0.15, -0.1) is 0 Å². The molecule has 9 heteroatoms. The van der Waals surface area contributed by atoms with Crippen molar-refractivity contribution in [2.75, 3.05) is 57.6 Å². The molecule has 0 unspecified atom stereocenters. The Morgan fingerprint density at radius 3 is 2.86 bits per heavy atom. The molecule has 0 aliphatic carbocycles. The number of morpholine rings is 1. The number of hydrogen-bond acceptors (Lipinski definition) is 8. The minimum absolute atomic E-state index is 0.458. The molecule has 0 amide bonds. The van der Waals surface area contributed by atoms with Crippen molar-refractivity contribution in [1.29, 1.82) is 0 Å². The van der Waals surface area contributed by atoms with Crippen LogP contribution in [0.4, 0.5) is 5.82 Å². The summed E-state index contributed by atoms with van der Waals surface area (Å²) in [5.41, 5.74) is 4.47. The molecule has 0 bridgehead atoms. The summed E-state index contributed by atoms with van der Waals surface area (Å²) in [5.74, 6) is 2.47. The lowest BCUT2D eigenvalue weighted by Gasteiger charge is -2.28. The van der Waals surface area contributed by atoms with Crippen molar-refractivity contribution < 1.29 is 14.2 Å². The fourth-order valence-electron chi connectivity index (χ4n) is 4.83. The highest BCUT2D eigenvalue weighted by Crippen LogP contribution is 2.41. The molecule has 3 aliphatic rings. The molecule has 9 nitrogen and oxygen atoms in total. The largest absolute Gasteiger partial charge is 0.432 e. The number of aromatic amines is 1. The van der Waals surface area contributed by atoms with Gasteiger partial charge >= 0.3 is 0 Å². The van der Waals surface area contributed by atoms with Gasteiger partial charge in [0.15, 0.2) is 17.4 Å². The van der Waals surface area contributed by atoms with Gasteiger partial charge in [0.2, 0.25) is 5.90 Å². The summed E-state index contributed by atoms with van der Waals surface area (Å²) in [6, 6.07) is 8.16. The Balaban J connectivity index is 1.36. The second-order valence-electron chi connectivity index (χ2n) is 9.33. The molecule has 2 aromatic heterocycles. The Labute approximate surface area is 210 Å². The van der Waals surface area contributed by atoms with Gasteiger partial charge in [0, 0.05) is 61.6 Å². The monoisotopic (exact) mass is 486 g/mol. The van der Waals surface area contributed by atoms with Crippen molar-refractivity contribution >= 4 is 28.2 Å². The zero-order valence-corrected chi connectivity index (χ0v) is 20.5. The lowest BCUT2D eigenvalue weighted by molar-refractivity contribution is -0.00827. The van der Waals surface area contributed by atoms with E-state index in [-0.39, 0.29) is 0 Å². The van der Waals surface area contributed by atoms with Gasteiger partial charge in [0.1, 0.15) is 5.69 Å². The van der Waals surface area contributed by atoms with E-state index in [1.165, 1.54) is 0 Å². The third kappa shape index (κ3) is 4.41. The number of aromatic nitrogens is 3. The molecule has 3 aliphatic heterocycles. The fourth-order valence-corrected chi connectivity index (χ4v) is 4.83. The van der Waals surface area contributed by atoms with E-state index >= 15 is 0 Å². The van der Waals surface area contributed by atoms with Crippen LogP contribution in [0.25, 0.3) is 27.9 Å². The van der Waals surface area contributed by atoms with Crippen LogP contribution in [0.15, 0.2) is 53.8 Å². The lowest BCUT2D eigenvalue weighted by atomic mass is 10.1. The van der Waals surface area contributed by atoms with Crippen LogP contribution in [-0.4, -0.2) is 78.5 Å². The fraction of sp³-hybridized carbons (Fsp3) is 0.370. The summed E-state index contributed by atoms with van der Waals surface area (Å²) >= 11 is 0. The summed E-state index contributed by atoms with van der Waals surface area (Å²) in [5, 5.41) is 1.07. The van der Waals surface area contributed by atoms with Crippen LogP contribution in [0.1, 0.15) is 19.0 Å². The number of ether oxygens (including phenoxy) is 3. The molecule has 0 spiro atoms. The normalized spacial score (nSPS) is 20.2. The molecule has 36 heavy (non-hydrogen) atoms. The molecule has 5 heterocycles. The van der Waals surface area contributed by atoms with E-state index in [4.69, 9.17) is 24.2 Å². The number of hydrogen-bond donors (Lipinski definition) is 1. The number of nitrogens with zero attached hydrogens (tertiary/aromatic N) is 5. The Morgan fingerprint density at radius 1 is 1.14 bits per heavy atom. The number of fused-ring (bicyclic) bond motifs is 2. The van der Waals surface area contributed by atoms with Crippen LogP contribution in [0.3, 0.4) is 0 Å². The smallest absolute Gasteiger partial charge is 0.228 e. The van der Waals surface area contributed by atoms with Crippen LogP contribution in [-0.2, 0) is 9.47 Å². The molecule has 2 saturated heterocycles. The summed E-state index contributed by atoms with van der Waals surface area (Å²) in [4.78, 5) is 22.3. The summed E-state index contributed by atoms with van der Waals surface area (Å²) in [7, 11) is 0. The van der Waals surface area contributed by atoms with Gasteiger partial charge in [-0.3, -0.25) is 4.90 Å². The van der Waals surface area contributed by atoms with Gasteiger partial charge in [-0.05, 0) is 31.1 Å². The minimum atomic E-state index is 0.458. The number of H-pyrrole nitrogens is 1. The summed E-state index contributed by atoms with van der Waals surface area (Å²) in [6.07, 6.45) is 4.84. The quantitative estimate of drug-likeness (QED) is 0.586. The van der Waals surface area contributed by atoms with Crippen molar-refractivity contribution in [2.24, 2.45) is 4.99 Å². The van der Waals surface area contributed by atoms with Gasteiger partial charge in [-0.25, -0.2) is 15.0 Å². The van der Waals surface area contributed by atoms with Crippen LogP contribution in [0.5, 0.6) is 5.75 Å². The summed E-state index contributed by atoms with van der Waals surface area (Å²) < 4.78 is 17.4. The first-order chi connectivity index (χ1) is 17.7. The number of anilines is 1. The average Bonchev–Trinajstić information content (AvgIpc) is 3.52. The van der Waals surface area contributed by atoms with E-state index in [1.807, 2.05) is 30.6 Å². The number of rotatable bonds is 5. The van der Waals surface area contributed by atoms with Crippen LogP contribution < -0.4 is 9.64 Å². The molecule has 2 fully saturated rings. The lowest BCUT2D eigenvalue weighted by Crippen LogP contribution is -2.37. The second-order valence-corrected chi connectivity index (χ2v) is 9.33. The highest BCUT2D eigenvalue weighted by molar-refractivity contribution is 6.24. The number of nitrogens with one attached hydrogen (secondary N) is 1. The van der Waals surface area contributed by atoms with Gasteiger partial charge in [0.05, 0.1) is 25.5 Å². The number of benzene rings is 1. The van der Waals surface area contributed by atoms with Gasteiger partial charge in [-0.2, -0.15) is 0 Å². The first-order valence-electron chi connectivity index (χ1n) is 12.4. The number of aliphatic imine (C=N–C) groups is 1. The van der Waals surface area contributed by atoms with E-state index in [0.717, 1.165) is 67.1 Å². The second kappa shape index (κ2) is 9.85. The van der Waals surface area contributed by atoms with Crippen LogP contribution in [0, 0.1) is 0 Å². The molecule has 1 N–H and O–H groups in total. The molecule has 186 valence electrons. The maximum atomic E-state index is 6.26. The van der Waals surface area contributed by atoms with E-state index in [9.17, 15) is 0 Å². The third-order valence-corrected chi connectivity index (χ3v) is 6.65. The Kier molecular flexibility index (Phi) is 6.27. The predicted octanol–water partition coefficient (Wildman–Crippen LogP) is 3.85.